The van der Waals surface area contributed by atoms with Crippen LogP contribution in [0.3, 0.4) is 0 Å². The van der Waals surface area contributed by atoms with Crippen LogP contribution >= 0.6 is 11.6 Å². The first-order valence-electron chi connectivity index (χ1n) is 10.2. The molecule has 0 bridgehead atoms. The molecule has 1 saturated carbocycles. The monoisotopic (exact) mass is 437 g/mol. The topological polar surface area (TPSA) is 88.6 Å². The van der Waals surface area contributed by atoms with E-state index in [9.17, 15) is 24.0 Å². The van der Waals surface area contributed by atoms with E-state index in [2.05, 4.69) is 0 Å². The Morgan fingerprint density at radius 2 is 1.74 bits per heavy atom. The molecule has 1 aliphatic carbocycles. The standard InChI is InChI=1S/C24H20ClNO5/c25-20-4-2-1-3-15(20)12-16(27)7-5-14-6-9-18-19(11-14)24(31)26(23(18)30)21-10-8-17(28)13-22(21)29/h1-4,6,9,11,21H,5,7-8,10,12-13H2. The van der Waals surface area contributed by atoms with Gasteiger partial charge in [-0.2, -0.15) is 0 Å². The van der Waals surface area contributed by atoms with Crippen molar-refractivity contribution in [1.29, 1.82) is 0 Å². The maximum absolute atomic E-state index is 12.9. The summed E-state index contributed by atoms with van der Waals surface area (Å²) in [5, 5.41) is 0.552. The second-order valence-electron chi connectivity index (χ2n) is 7.90. The van der Waals surface area contributed by atoms with Gasteiger partial charge in [0.25, 0.3) is 11.8 Å². The van der Waals surface area contributed by atoms with E-state index in [1.54, 1.807) is 30.3 Å². The minimum absolute atomic E-state index is 0.0232. The molecule has 0 spiro atoms. The molecular weight excluding hydrogens is 418 g/mol. The molecule has 0 saturated heterocycles. The number of rotatable bonds is 6. The molecule has 1 atom stereocenters. The van der Waals surface area contributed by atoms with Crippen molar-refractivity contribution in [2.24, 2.45) is 0 Å². The van der Waals surface area contributed by atoms with Crippen molar-refractivity contribution in [3.8, 4) is 0 Å². The zero-order chi connectivity index (χ0) is 22.1. The quantitative estimate of drug-likeness (QED) is 0.510. The van der Waals surface area contributed by atoms with Gasteiger partial charge in [0.15, 0.2) is 5.78 Å². The van der Waals surface area contributed by atoms with Crippen LogP contribution in [0.15, 0.2) is 42.5 Å². The minimum Gasteiger partial charge on any atom is -0.299 e. The van der Waals surface area contributed by atoms with Crippen LogP contribution in [-0.4, -0.2) is 40.1 Å². The highest BCUT2D eigenvalue weighted by Gasteiger charge is 2.44. The molecule has 1 fully saturated rings. The lowest BCUT2D eigenvalue weighted by molar-refractivity contribution is -0.132. The van der Waals surface area contributed by atoms with Gasteiger partial charge in [-0.05, 0) is 42.2 Å². The van der Waals surface area contributed by atoms with E-state index in [0.29, 0.717) is 11.4 Å². The number of halogens is 1. The number of fused-ring (bicyclic) bond motifs is 1. The van der Waals surface area contributed by atoms with Gasteiger partial charge in [-0.3, -0.25) is 28.9 Å². The van der Waals surface area contributed by atoms with Crippen LogP contribution in [0.4, 0.5) is 0 Å². The van der Waals surface area contributed by atoms with Gasteiger partial charge in [-0.15, -0.1) is 0 Å². The van der Waals surface area contributed by atoms with Crippen molar-refractivity contribution in [3.05, 3.63) is 69.7 Å². The lowest BCUT2D eigenvalue weighted by Gasteiger charge is -2.27. The molecule has 1 unspecified atom stereocenters. The van der Waals surface area contributed by atoms with Crippen LogP contribution in [0.1, 0.15) is 57.5 Å². The minimum atomic E-state index is -0.884. The zero-order valence-electron chi connectivity index (χ0n) is 16.7. The van der Waals surface area contributed by atoms with Crippen molar-refractivity contribution in [1.82, 2.24) is 4.90 Å². The van der Waals surface area contributed by atoms with Gasteiger partial charge in [-0.25, -0.2) is 0 Å². The van der Waals surface area contributed by atoms with Crippen molar-refractivity contribution in [2.45, 2.75) is 44.6 Å². The number of carbonyl (C=O) groups is 5. The highest BCUT2D eigenvalue weighted by Crippen LogP contribution is 2.30. The Hall–Kier alpha value is -3.12. The van der Waals surface area contributed by atoms with E-state index in [4.69, 9.17) is 11.6 Å². The molecule has 0 N–H and O–H groups in total. The third-order valence-corrected chi connectivity index (χ3v) is 6.14. The van der Waals surface area contributed by atoms with Crippen LogP contribution < -0.4 is 0 Å². The Kier molecular flexibility index (Phi) is 5.83. The number of hydrogen-bond acceptors (Lipinski definition) is 5. The Morgan fingerprint density at radius 3 is 2.48 bits per heavy atom. The average molecular weight is 438 g/mol. The van der Waals surface area contributed by atoms with Gasteiger partial charge >= 0.3 is 0 Å². The molecule has 2 aromatic carbocycles. The first-order chi connectivity index (χ1) is 14.8. The molecule has 1 aliphatic heterocycles. The summed E-state index contributed by atoms with van der Waals surface area (Å²) in [4.78, 5) is 62.7. The molecule has 2 amide bonds. The van der Waals surface area contributed by atoms with E-state index >= 15 is 0 Å². The summed E-state index contributed by atoms with van der Waals surface area (Å²) in [6.07, 6.45) is 1.05. The molecule has 31 heavy (non-hydrogen) atoms. The Labute approximate surface area is 184 Å². The summed E-state index contributed by atoms with van der Waals surface area (Å²) < 4.78 is 0. The molecule has 0 radical (unpaired) electrons. The van der Waals surface area contributed by atoms with Crippen LogP contribution in [0.25, 0.3) is 0 Å². The van der Waals surface area contributed by atoms with Gasteiger partial charge in [0.2, 0.25) is 0 Å². The predicted molar refractivity (Wildman–Crippen MR) is 113 cm³/mol. The first kappa shape index (κ1) is 21.1. The Bertz CT molecular complexity index is 1120. The molecule has 158 valence electrons. The normalized spacial score (nSPS) is 18.5. The summed E-state index contributed by atoms with van der Waals surface area (Å²) >= 11 is 6.11. The maximum atomic E-state index is 12.9. The van der Waals surface area contributed by atoms with Crippen LogP contribution in [0.5, 0.6) is 0 Å². The van der Waals surface area contributed by atoms with Crippen LogP contribution in [0, 0.1) is 0 Å². The van der Waals surface area contributed by atoms with Crippen LogP contribution in [0.2, 0.25) is 5.02 Å². The lowest BCUT2D eigenvalue weighted by atomic mass is 9.92. The molecule has 4 rings (SSSR count). The fraction of sp³-hybridized carbons (Fsp3) is 0.292. The van der Waals surface area contributed by atoms with Gasteiger partial charge in [-0.1, -0.05) is 35.9 Å². The number of aryl methyl sites for hydroxylation is 1. The van der Waals surface area contributed by atoms with Gasteiger partial charge in [0, 0.05) is 24.3 Å². The predicted octanol–water partition coefficient (Wildman–Crippen LogP) is 3.37. The van der Waals surface area contributed by atoms with Gasteiger partial charge < -0.3 is 0 Å². The smallest absolute Gasteiger partial charge is 0.262 e. The molecular formula is C24H20ClNO5. The van der Waals surface area contributed by atoms with E-state index < -0.39 is 23.6 Å². The number of carbonyl (C=O) groups excluding carboxylic acids is 5. The summed E-state index contributed by atoms with van der Waals surface area (Å²) in [5.74, 6) is -1.56. The number of imide groups is 1. The molecule has 6 nitrogen and oxygen atoms in total. The van der Waals surface area contributed by atoms with E-state index in [1.807, 2.05) is 12.1 Å². The molecule has 2 aromatic rings. The van der Waals surface area contributed by atoms with Gasteiger partial charge in [0.1, 0.15) is 11.6 Å². The molecule has 0 aromatic heterocycles. The largest absolute Gasteiger partial charge is 0.299 e. The summed E-state index contributed by atoms with van der Waals surface area (Å²) in [5.41, 5.74) is 2.03. The number of nitrogens with zero attached hydrogens (tertiary/aromatic N) is 1. The third-order valence-electron chi connectivity index (χ3n) is 5.77. The second kappa shape index (κ2) is 8.55. The highest BCUT2D eigenvalue weighted by molar-refractivity contribution is 6.31. The van der Waals surface area contributed by atoms with Crippen molar-refractivity contribution < 1.29 is 24.0 Å². The molecule has 7 heteroatoms. The number of ketones is 3. The van der Waals surface area contributed by atoms with E-state index in [1.165, 1.54) is 0 Å². The maximum Gasteiger partial charge on any atom is 0.262 e. The third kappa shape index (κ3) is 4.21. The SMILES string of the molecule is O=C1CCC(N2C(=O)c3ccc(CCC(=O)Cc4ccccc4Cl)cc3C2=O)C(=O)C1. The van der Waals surface area contributed by atoms with E-state index in [-0.39, 0.29) is 54.8 Å². The second-order valence-corrected chi connectivity index (χ2v) is 8.31. The Balaban J connectivity index is 1.45. The van der Waals surface area contributed by atoms with Crippen molar-refractivity contribution in [2.75, 3.05) is 0 Å². The first-order valence-corrected chi connectivity index (χ1v) is 10.5. The highest BCUT2D eigenvalue weighted by atomic mass is 35.5. The molecule has 2 aliphatic rings. The number of hydrogen-bond donors (Lipinski definition) is 0. The number of amides is 2. The summed E-state index contributed by atoms with van der Waals surface area (Å²) in [6, 6.07) is 11.2. The van der Waals surface area contributed by atoms with Crippen molar-refractivity contribution in [3.63, 3.8) is 0 Å². The number of benzene rings is 2. The zero-order valence-corrected chi connectivity index (χ0v) is 17.5. The Morgan fingerprint density at radius 1 is 1.00 bits per heavy atom. The summed E-state index contributed by atoms with van der Waals surface area (Å²) in [7, 11) is 0. The van der Waals surface area contributed by atoms with Crippen molar-refractivity contribution >= 4 is 40.8 Å². The average Bonchev–Trinajstić information content (AvgIpc) is 2.98. The fourth-order valence-electron chi connectivity index (χ4n) is 4.10. The lowest BCUT2D eigenvalue weighted by Crippen LogP contribution is -2.47. The van der Waals surface area contributed by atoms with E-state index in [0.717, 1.165) is 16.0 Å². The number of Topliss-reactive ketones (excluding diaryl/α,β-unsaturated/α-hetero) is 3. The van der Waals surface area contributed by atoms with Crippen LogP contribution in [-0.2, 0) is 27.2 Å². The molecule has 1 heterocycles. The fourth-order valence-corrected chi connectivity index (χ4v) is 4.31. The van der Waals surface area contributed by atoms with Gasteiger partial charge in [0.05, 0.1) is 23.6 Å². The summed E-state index contributed by atoms with van der Waals surface area (Å²) in [6.45, 7) is 0.